The lowest BCUT2D eigenvalue weighted by atomic mass is 9.68. The van der Waals surface area contributed by atoms with Gasteiger partial charge in [-0.1, -0.05) is 184 Å². The maximum absolute atomic E-state index is 2.46. The lowest BCUT2D eigenvalue weighted by Crippen LogP contribution is -2.28. The smallest absolute Gasteiger partial charge is 0.0713 e. The molecule has 0 radical (unpaired) electrons. The first-order chi connectivity index (χ1) is 28.0. The SMILES string of the molecule is CC1(C)c2ccccc2-c2ccc(N(c3ccc(-c4ccc5ccccc5c4)cc3)c3ccc4c(c3)-c3ccccc3C4(c3ccccc3)c3ccccc3)cc21. The lowest BCUT2D eigenvalue weighted by Gasteiger charge is -2.34. The molecule has 9 aromatic carbocycles. The Morgan fingerprint density at radius 1 is 0.316 bits per heavy atom. The number of hydrogen-bond acceptors (Lipinski definition) is 1. The number of fused-ring (bicyclic) bond motifs is 7. The molecule has 0 amide bonds. The van der Waals surface area contributed by atoms with Gasteiger partial charge in [-0.05, 0) is 120 Å². The van der Waals surface area contributed by atoms with E-state index in [1.54, 1.807) is 0 Å². The van der Waals surface area contributed by atoms with Crippen LogP contribution in [0.15, 0.2) is 212 Å². The van der Waals surface area contributed by atoms with Crippen molar-refractivity contribution >= 4 is 27.8 Å². The minimum atomic E-state index is -0.442. The predicted molar refractivity (Wildman–Crippen MR) is 239 cm³/mol. The van der Waals surface area contributed by atoms with Gasteiger partial charge in [0.1, 0.15) is 0 Å². The van der Waals surface area contributed by atoms with Crippen LogP contribution in [0.1, 0.15) is 47.2 Å². The minimum Gasteiger partial charge on any atom is -0.310 e. The zero-order valence-corrected chi connectivity index (χ0v) is 32.2. The molecule has 0 spiro atoms. The molecule has 0 bridgehead atoms. The van der Waals surface area contributed by atoms with Crippen LogP contribution in [0.2, 0.25) is 0 Å². The van der Waals surface area contributed by atoms with E-state index in [1.165, 1.54) is 77.5 Å². The van der Waals surface area contributed by atoms with E-state index >= 15 is 0 Å². The highest BCUT2D eigenvalue weighted by Crippen LogP contribution is 2.57. The second kappa shape index (κ2) is 12.8. The predicted octanol–water partition coefficient (Wildman–Crippen LogP) is 14.6. The number of rotatable bonds is 6. The Labute approximate surface area is 335 Å². The molecule has 9 aromatic rings. The van der Waals surface area contributed by atoms with Gasteiger partial charge in [-0.15, -0.1) is 0 Å². The van der Waals surface area contributed by atoms with E-state index in [0.717, 1.165) is 17.1 Å². The number of benzene rings is 9. The fourth-order valence-electron chi connectivity index (χ4n) is 10.0. The Kier molecular flexibility index (Phi) is 7.50. The van der Waals surface area contributed by atoms with Crippen molar-refractivity contribution in [2.24, 2.45) is 0 Å². The largest absolute Gasteiger partial charge is 0.310 e. The summed E-state index contributed by atoms with van der Waals surface area (Å²) in [6.07, 6.45) is 0. The van der Waals surface area contributed by atoms with Crippen molar-refractivity contribution in [3.63, 3.8) is 0 Å². The third-order valence-electron chi connectivity index (χ3n) is 12.7. The zero-order valence-electron chi connectivity index (χ0n) is 32.2. The number of nitrogens with zero attached hydrogens (tertiary/aromatic N) is 1. The molecule has 0 aromatic heterocycles. The molecule has 270 valence electrons. The van der Waals surface area contributed by atoms with Gasteiger partial charge in [0, 0.05) is 22.5 Å². The van der Waals surface area contributed by atoms with Crippen LogP contribution in [0.25, 0.3) is 44.2 Å². The second-order valence-corrected chi connectivity index (χ2v) is 16.1. The van der Waals surface area contributed by atoms with Gasteiger partial charge in [0.15, 0.2) is 0 Å². The van der Waals surface area contributed by atoms with E-state index in [-0.39, 0.29) is 5.41 Å². The van der Waals surface area contributed by atoms with Crippen molar-refractivity contribution in [3.05, 3.63) is 246 Å². The molecule has 2 aliphatic rings. The summed E-state index contributed by atoms with van der Waals surface area (Å²) in [6, 6.07) is 78.8. The van der Waals surface area contributed by atoms with Crippen LogP contribution in [-0.2, 0) is 10.8 Å². The molecule has 0 aliphatic heterocycles. The van der Waals surface area contributed by atoms with E-state index in [1.807, 2.05) is 0 Å². The quantitative estimate of drug-likeness (QED) is 0.165. The molecule has 11 rings (SSSR count). The van der Waals surface area contributed by atoms with Crippen LogP contribution in [-0.4, -0.2) is 0 Å². The Balaban J connectivity index is 1.11. The summed E-state index contributed by atoms with van der Waals surface area (Å²) in [5, 5.41) is 2.51. The summed E-state index contributed by atoms with van der Waals surface area (Å²) in [4.78, 5) is 2.46. The maximum atomic E-state index is 2.46. The molecule has 0 fully saturated rings. The molecule has 2 aliphatic carbocycles. The molecular formula is C56H41N. The van der Waals surface area contributed by atoms with Gasteiger partial charge >= 0.3 is 0 Å². The molecule has 0 unspecified atom stereocenters. The molecular weight excluding hydrogens is 687 g/mol. The summed E-state index contributed by atoms with van der Waals surface area (Å²) < 4.78 is 0. The van der Waals surface area contributed by atoms with Crippen molar-refractivity contribution < 1.29 is 0 Å². The third kappa shape index (κ3) is 5.02. The average Bonchev–Trinajstić information content (AvgIpc) is 3.70. The first-order valence-corrected chi connectivity index (χ1v) is 20.0. The van der Waals surface area contributed by atoms with E-state index in [0.29, 0.717) is 0 Å². The normalized spacial score (nSPS) is 14.1. The van der Waals surface area contributed by atoms with Gasteiger partial charge in [-0.25, -0.2) is 0 Å². The van der Waals surface area contributed by atoms with Crippen molar-refractivity contribution in [2.75, 3.05) is 4.90 Å². The Morgan fingerprint density at radius 3 is 1.54 bits per heavy atom. The maximum Gasteiger partial charge on any atom is 0.0713 e. The van der Waals surface area contributed by atoms with Crippen LogP contribution in [0.4, 0.5) is 17.1 Å². The fourth-order valence-corrected chi connectivity index (χ4v) is 10.0. The molecule has 0 saturated carbocycles. The summed E-state index contributed by atoms with van der Waals surface area (Å²) in [7, 11) is 0. The highest BCUT2D eigenvalue weighted by atomic mass is 15.1. The third-order valence-corrected chi connectivity index (χ3v) is 12.7. The summed E-state index contributed by atoms with van der Waals surface area (Å²) in [6.45, 7) is 4.73. The van der Waals surface area contributed by atoms with Crippen LogP contribution >= 0.6 is 0 Å². The first kappa shape index (κ1) is 33.4. The molecule has 0 saturated heterocycles. The fraction of sp³-hybridized carbons (Fsp3) is 0.0714. The Bertz CT molecular complexity index is 2930. The summed E-state index contributed by atoms with van der Waals surface area (Å²) in [5.41, 5.74) is 18.4. The second-order valence-electron chi connectivity index (χ2n) is 16.1. The number of anilines is 3. The standard InChI is InChI=1S/C56H41N/c1-55(2)51-23-13-11-21-47(51)49-33-31-46(37-54(49)55)57(44-29-27-39(28-30-44)41-26-25-38-15-9-10-16-40(38)35-41)45-32-34-53-50(36-45)48-22-12-14-24-52(48)56(53,42-17-5-3-6-18-42)43-19-7-4-8-20-43/h3-37H,1-2H3. The van der Waals surface area contributed by atoms with Crippen LogP contribution in [0.5, 0.6) is 0 Å². The van der Waals surface area contributed by atoms with Gasteiger partial charge < -0.3 is 4.90 Å². The highest BCUT2D eigenvalue weighted by molar-refractivity contribution is 5.92. The van der Waals surface area contributed by atoms with Crippen LogP contribution in [0.3, 0.4) is 0 Å². The van der Waals surface area contributed by atoms with Gasteiger partial charge in [-0.3, -0.25) is 0 Å². The molecule has 1 heteroatoms. The Hall–Kier alpha value is -6.96. The number of hydrogen-bond donors (Lipinski definition) is 0. The monoisotopic (exact) mass is 727 g/mol. The first-order valence-electron chi connectivity index (χ1n) is 20.0. The van der Waals surface area contributed by atoms with E-state index in [9.17, 15) is 0 Å². The lowest BCUT2D eigenvalue weighted by molar-refractivity contribution is 0.660. The van der Waals surface area contributed by atoms with E-state index < -0.39 is 5.41 Å². The van der Waals surface area contributed by atoms with E-state index in [2.05, 4.69) is 231 Å². The molecule has 57 heavy (non-hydrogen) atoms. The van der Waals surface area contributed by atoms with Gasteiger partial charge in [0.25, 0.3) is 0 Å². The van der Waals surface area contributed by atoms with E-state index in [4.69, 9.17) is 0 Å². The van der Waals surface area contributed by atoms with Gasteiger partial charge in [-0.2, -0.15) is 0 Å². The molecule has 0 N–H and O–H groups in total. The van der Waals surface area contributed by atoms with Crippen molar-refractivity contribution in [2.45, 2.75) is 24.7 Å². The Morgan fingerprint density at radius 2 is 0.825 bits per heavy atom. The van der Waals surface area contributed by atoms with Gasteiger partial charge in [0.2, 0.25) is 0 Å². The minimum absolute atomic E-state index is 0.116. The highest BCUT2D eigenvalue weighted by Gasteiger charge is 2.46. The topological polar surface area (TPSA) is 3.24 Å². The summed E-state index contributed by atoms with van der Waals surface area (Å²) in [5.74, 6) is 0. The van der Waals surface area contributed by atoms with Crippen molar-refractivity contribution in [3.8, 4) is 33.4 Å². The van der Waals surface area contributed by atoms with Gasteiger partial charge in [0.05, 0.1) is 5.41 Å². The average molecular weight is 728 g/mol. The molecule has 0 heterocycles. The van der Waals surface area contributed by atoms with Crippen molar-refractivity contribution in [1.82, 2.24) is 0 Å². The molecule has 0 atom stereocenters. The zero-order chi connectivity index (χ0) is 38.1. The van der Waals surface area contributed by atoms with Crippen LogP contribution < -0.4 is 4.90 Å². The van der Waals surface area contributed by atoms with Crippen LogP contribution in [0, 0.1) is 0 Å². The summed E-state index contributed by atoms with van der Waals surface area (Å²) >= 11 is 0. The molecule has 1 nitrogen and oxygen atoms in total. The van der Waals surface area contributed by atoms with Crippen molar-refractivity contribution in [1.29, 1.82) is 0 Å².